The SMILES string of the molecule is O=C(CNc1cccc(C(=O)N2CCc3ccccc32)c1)NCC1(c2ccccc2)CC1. The van der Waals surface area contributed by atoms with Crippen LogP contribution in [0.25, 0.3) is 0 Å². The van der Waals surface area contributed by atoms with Gasteiger partial charge in [-0.3, -0.25) is 9.59 Å². The first-order valence-electron chi connectivity index (χ1n) is 11.2. The molecule has 3 aromatic rings. The van der Waals surface area contributed by atoms with Gasteiger partial charge in [-0.2, -0.15) is 0 Å². The van der Waals surface area contributed by atoms with Gasteiger partial charge in [0.15, 0.2) is 0 Å². The number of fused-ring (bicyclic) bond motifs is 1. The molecule has 5 rings (SSSR count). The maximum Gasteiger partial charge on any atom is 0.258 e. The first-order chi connectivity index (χ1) is 15.6. The quantitative estimate of drug-likeness (QED) is 0.598. The molecule has 0 spiro atoms. The van der Waals surface area contributed by atoms with Crippen molar-refractivity contribution in [2.24, 2.45) is 0 Å². The van der Waals surface area contributed by atoms with Crippen molar-refractivity contribution in [3.8, 4) is 0 Å². The number of nitrogens with zero attached hydrogens (tertiary/aromatic N) is 1. The highest BCUT2D eigenvalue weighted by molar-refractivity contribution is 6.07. The Morgan fingerprint density at radius 3 is 2.50 bits per heavy atom. The van der Waals surface area contributed by atoms with Crippen molar-refractivity contribution in [3.63, 3.8) is 0 Å². The van der Waals surface area contributed by atoms with Gasteiger partial charge in [0.25, 0.3) is 5.91 Å². The molecule has 1 saturated carbocycles. The summed E-state index contributed by atoms with van der Waals surface area (Å²) >= 11 is 0. The normalized spacial score (nSPS) is 15.7. The minimum atomic E-state index is -0.0441. The summed E-state index contributed by atoms with van der Waals surface area (Å²) in [6.07, 6.45) is 3.09. The largest absolute Gasteiger partial charge is 0.376 e. The Balaban J connectivity index is 1.17. The van der Waals surface area contributed by atoms with Gasteiger partial charge in [0.1, 0.15) is 0 Å². The van der Waals surface area contributed by atoms with Crippen LogP contribution in [0.4, 0.5) is 11.4 Å². The number of rotatable bonds is 7. The van der Waals surface area contributed by atoms with Crippen molar-refractivity contribution in [2.45, 2.75) is 24.7 Å². The second kappa shape index (κ2) is 8.50. The number of para-hydroxylation sites is 1. The van der Waals surface area contributed by atoms with Crippen molar-refractivity contribution in [1.29, 1.82) is 0 Å². The van der Waals surface area contributed by atoms with Crippen LogP contribution in [0.2, 0.25) is 0 Å². The number of benzene rings is 3. The van der Waals surface area contributed by atoms with Gasteiger partial charge in [-0.15, -0.1) is 0 Å². The summed E-state index contributed by atoms with van der Waals surface area (Å²) in [5.74, 6) is -0.0565. The van der Waals surface area contributed by atoms with E-state index in [0.29, 0.717) is 18.7 Å². The zero-order valence-electron chi connectivity index (χ0n) is 18.0. The first kappa shape index (κ1) is 20.3. The third-order valence-corrected chi connectivity index (χ3v) is 6.56. The van der Waals surface area contributed by atoms with E-state index in [-0.39, 0.29) is 23.8 Å². The molecule has 1 fully saturated rings. The Bertz CT molecular complexity index is 1140. The lowest BCUT2D eigenvalue weighted by atomic mass is 9.96. The predicted octanol–water partition coefficient (Wildman–Crippen LogP) is 4.15. The Morgan fingerprint density at radius 1 is 0.906 bits per heavy atom. The number of amides is 2. The van der Waals surface area contributed by atoms with Crippen LogP contribution >= 0.6 is 0 Å². The predicted molar refractivity (Wildman–Crippen MR) is 127 cm³/mol. The Hall–Kier alpha value is -3.60. The minimum Gasteiger partial charge on any atom is -0.376 e. The van der Waals surface area contributed by atoms with Crippen molar-refractivity contribution in [3.05, 3.63) is 95.6 Å². The Labute approximate surface area is 188 Å². The van der Waals surface area contributed by atoms with Crippen molar-refractivity contribution in [2.75, 3.05) is 29.9 Å². The summed E-state index contributed by atoms with van der Waals surface area (Å²) in [4.78, 5) is 27.3. The smallest absolute Gasteiger partial charge is 0.258 e. The van der Waals surface area contributed by atoms with E-state index in [9.17, 15) is 9.59 Å². The van der Waals surface area contributed by atoms with Crippen molar-refractivity contribution in [1.82, 2.24) is 5.32 Å². The van der Waals surface area contributed by atoms with Gasteiger partial charge in [-0.25, -0.2) is 0 Å². The molecule has 0 radical (unpaired) electrons. The molecule has 0 bridgehead atoms. The zero-order valence-corrected chi connectivity index (χ0v) is 18.0. The van der Waals surface area contributed by atoms with E-state index >= 15 is 0 Å². The summed E-state index contributed by atoms with van der Waals surface area (Å²) in [6.45, 7) is 1.53. The number of carbonyl (C=O) groups is 2. The number of nitrogens with one attached hydrogen (secondary N) is 2. The standard InChI is InChI=1S/C27H27N3O2/c31-25(29-19-27(14-15-27)22-9-2-1-3-10-22)18-28-23-11-6-8-21(17-23)26(32)30-16-13-20-7-4-5-12-24(20)30/h1-12,17,28H,13-16,18-19H2,(H,29,31). The molecule has 2 aliphatic rings. The van der Waals surface area contributed by atoms with Gasteiger partial charge >= 0.3 is 0 Å². The summed E-state index contributed by atoms with van der Waals surface area (Å²) < 4.78 is 0. The second-order valence-corrected chi connectivity index (χ2v) is 8.69. The maximum absolute atomic E-state index is 13.1. The fourth-order valence-corrected chi connectivity index (χ4v) is 4.49. The molecule has 162 valence electrons. The minimum absolute atomic E-state index is 0.0124. The summed E-state index contributed by atoms with van der Waals surface area (Å²) in [5.41, 5.74) is 4.96. The van der Waals surface area contributed by atoms with Gasteiger partial charge in [0.2, 0.25) is 5.91 Å². The molecule has 5 heteroatoms. The van der Waals surface area contributed by atoms with Crippen LogP contribution in [0.5, 0.6) is 0 Å². The molecule has 0 unspecified atom stereocenters. The van der Waals surface area contributed by atoms with E-state index in [1.54, 1.807) is 0 Å². The molecule has 32 heavy (non-hydrogen) atoms. The molecule has 0 saturated heterocycles. The van der Waals surface area contributed by atoms with E-state index in [2.05, 4.69) is 28.8 Å². The molecule has 3 aromatic carbocycles. The van der Waals surface area contributed by atoms with Gasteiger partial charge in [0, 0.05) is 35.4 Å². The third kappa shape index (κ3) is 4.11. The zero-order chi connectivity index (χ0) is 22.0. The number of hydrogen-bond donors (Lipinski definition) is 2. The molecule has 2 N–H and O–H groups in total. The molecule has 0 aromatic heterocycles. The molecular formula is C27H27N3O2. The van der Waals surface area contributed by atoms with Crippen LogP contribution in [0.15, 0.2) is 78.9 Å². The van der Waals surface area contributed by atoms with E-state index < -0.39 is 0 Å². The molecule has 1 aliphatic carbocycles. The van der Waals surface area contributed by atoms with E-state index in [1.807, 2.05) is 65.6 Å². The molecule has 1 aliphatic heterocycles. The molecular weight excluding hydrogens is 398 g/mol. The Morgan fingerprint density at radius 2 is 1.69 bits per heavy atom. The maximum atomic E-state index is 13.1. The highest BCUT2D eigenvalue weighted by atomic mass is 16.2. The van der Waals surface area contributed by atoms with Gasteiger partial charge < -0.3 is 15.5 Å². The van der Waals surface area contributed by atoms with E-state index in [4.69, 9.17) is 0 Å². The van der Waals surface area contributed by atoms with Gasteiger partial charge in [-0.05, 0) is 54.7 Å². The fraction of sp³-hybridized carbons (Fsp3) is 0.259. The fourth-order valence-electron chi connectivity index (χ4n) is 4.49. The number of carbonyl (C=O) groups excluding carboxylic acids is 2. The highest BCUT2D eigenvalue weighted by Crippen LogP contribution is 2.47. The van der Waals surface area contributed by atoms with Crippen molar-refractivity contribution < 1.29 is 9.59 Å². The van der Waals surface area contributed by atoms with Crippen molar-refractivity contribution >= 4 is 23.2 Å². The third-order valence-electron chi connectivity index (χ3n) is 6.56. The van der Waals surface area contributed by atoms with E-state index in [0.717, 1.165) is 30.6 Å². The van der Waals surface area contributed by atoms with Gasteiger partial charge in [0.05, 0.1) is 6.54 Å². The highest BCUT2D eigenvalue weighted by Gasteiger charge is 2.44. The Kier molecular flexibility index (Phi) is 5.39. The lowest BCUT2D eigenvalue weighted by Crippen LogP contribution is -2.36. The average Bonchev–Trinajstić information content (AvgIpc) is 3.52. The summed E-state index contributed by atoms with van der Waals surface area (Å²) in [5, 5.41) is 6.23. The molecule has 2 amide bonds. The van der Waals surface area contributed by atoms with E-state index in [1.165, 1.54) is 11.1 Å². The second-order valence-electron chi connectivity index (χ2n) is 8.69. The van der Waals surface area contributed by atoms with Crippen LogP contribution in [-0.4, -0.2) is 31.4 Å². The molecule has 0 atom stereocenters. The molecule has 5 nitrogen and oxygen atoms in total. The number of anilines is 2. The van der Waals surface area contributed by atoms with Crippen LogP contribution in [0.1, 0.15) is 34.3 Å². The van der Waals surface area contributed by atoms with Gasteiger partial charge in [-0.1, -0.05) is 54.6 Å². The topological polar surface area (TPSA) is 61.4 Å². The number of hydrogen-bond acceptors (Lipinski definition) is 3. The van der Waals surface area contributed by atoms with Crippen LogP contribution < -0.4 is 15.5 Å². The first-order valence-corrected chi connectivity index (χ1v) is 11.2. The summed E-state index contributed by atoms with van der Waals surface area (Å²) in [6, 6.07) is 25.8. The monoisotopic (exact) mass is 425 g/mol. The van der Waals surface area contributed by atoms with Crippen LogP contribution in [0, 0.1) is 0 Å². The van der Waals surface area contributed by atoms with Crippen LogP contribution in [-0.2, 0) is 16.6 Å². The molecule has 1 heterocycles. The lowest BCUT2D eigenvalue weighted by Gasteiger charge is -2.18. The summed E-state index contributed by atoms with van der Waals surface area (Å²) in [7, 11) is 0. The lowest BCUT2D eigenvalue weighted by molar-refractivity contribution is -0.119. The average molecular weight is 426 g/mol. The van der Waals surface area contributed by atoms with Crippen LogP contribution in [0.3, 0.4) is 0 Å².